The van der Waals surface area contributed by atoms with E-state index in [1.807, 2.05) is 11.8 Å². The molecule has 1 aromatic carbocycles. The van der Waals surface area contributed by atoms with E-state index >= 15 is 0 Å². The minimum Gasteiger partial charge on any atom is -0.383 e. The number of ether oxygens (including phenoxy) is 2. The van der Waals surface area contributed by atoms with Crippen molar-refractivity contribution in [3.63, 3.8) is 0 Å². The molecule has 2 aliphatic rings. The van der Waals surface area contributed by atoms with E-state index in [4.69, 9.17) is 4.74 Å². The Kier molecular flexibility index (Phi) is 11.4. The second kappa shape index (κ2) is 14.7. The van der Waals surface area contributed by atoms with Gasteiger partial charge in [-0.05, 0) is 30.0 Å². The third-order valence-corrected chi connectivity index (χ3v) is 6.40. The Bertz CT molecular complexity index is 1150. The van der Waals surface area contributed by atoms with E-state index in [1.54, 1.807) is 6.07 Å². The minimum absolute atomic E-state index is 0.176. The summed E-state index contributed by atoms with van der Waals surface area (Å²) in [7, 11) is 0. The Morgan fingerprint density at radius 1 is 1.15 bits per heavy atom. The van der Waals surface area contributed by atoms with Crippen LogP contribution >= 0.6 is 0 Å². The molecule has 1 atom stereocenters. The third-order valence-electron chi connectivity index (χ3n) is 6.40. The number of aliphatic imine (C=N–C) groups is 1. The molecular weight excluding hydrogens is 533 g/mol. The van der Waals surface area contributed by atoms with Gasteiger partial charge in [0.1, 0.15) is 11.8 Å². The molecule has 0 aromatic heterocycles. The Hall–Kier alpha value is -3.58. The molecule has 40 heavy (non-hydrogen) atoms. The highest BCUT2D eigenvalue weighted by Crippen LogP contribution is 2.20. The fraction of sp³-hybridized carbons (Fsp3) is 0.519. The van der Waals surface area contributed by atoms with Crippen molar-refractivity contribution in [1.82, 2.24) is 20.5 Å². The summed E-state index contributed by atoms with van der Waals surface area (Å²) in [5, 5.41) is 6.15. The molecule has 1 radical (unpaired) electrons. The molecule has 2 heterocycles. The van der Waals surface area contributed by atoms with Gasteiger partial charge < -0.3 is 14.8 Å². The zero-order valence-corrected chi connectivity index (χ0v) is 22.2. The van der Waals surface area contributed by atoms with E-state index in [-0.39, 0.29) is 23.8 Å². The summed E-state index contributed by atoms with van der Waals surface area (Å²) in [5.74, 6) is -3.53. The van der Waals surface area contributed by atoms with Crippen LogP contribution in [0.2, 0.25) is 0 Å². The molecule has 1 aromatic rings. The van der Waals surface area contributed by atoms with E-state index in [0.717, 1.165) is 19.3 Å². The van der Waals surface area contributed by atoms with Crippen LogP contribution in [0.3, 0.4) is 0 Å². The van der Waals surface area contributed by atoms with Gasteiger partial charge in [0.2, 0.25) is 5.91 Å². The van der Waals surface area contributed by atoms with Crippen LogP contribution in [0.1, 0.15) is 61.4 Å². The molecule has 0 saturated carbocycles. The number of Topliss-reactive ketones (excluding diaryl/α,β-unsaturated/α-hetero) is 1. The minimum atomic E-state index is -5.29. The quantitative estimate of drug-likeness (QED) is 0.212. The molecule has 3 rings (SSSR count). The fourth-order valence-corrected chi connectivity index (χ4v) is 4.18. The van der Waals surface area contributed by atoms with Crippen molar-refractivity contribution in [3.8, 4) is 0 Å². The molecule has 0 spiro atoms. The van der Waals surface area contributed by atoms with E-state index in [1.165, 1.54) is 24.4 Å². The lowest BCUT2D eigenvalue weighted by atomic mass is 10.0. The summed E-state index contributed by atoms with van der Waals surface area (Å²) < 4.78 is 46.6. The zero-order chi connectivity index (χ0) is 29.1. The number of esters is 2. The molecule has 2 N–H and O–H groups in total. The molecule has 10 nitrogen and oxygen atoms in total. The van der Waals surface area contributed by atoms with Crippen LogP contribution in [0.15, 0.2) is 30.5 Å². The molecule has 0 unspecified atom stereocenters. The van der Waals surface area contributed by atoms with Crippen LogP contribution in [0.5, 0.6) is 0 Å². The summed E-state index contributed by atoms with van der Waals surface area (Å²) in [5.41, 5.74) is 0.625. The summed E-state index contributed by atoms with van der Waals surface area (Å²) in [6, 6.07) is 5.09. The Morgan fingerprint density at radius 2 is 1.90 bits per heavy atom. The summed E-state index contributed by atoms with van der Waals surface area (Å²) in [6.45, 7) is 4.47. The van der Waals surface area contributed by atoms with E-state index in [0.29, 0.717) is 62.7 Å². The summed E-state index contributed by atoms with van der Waals surface area (Å²) in [6.07, 6.45) is 0.0775. The first-order valence-corrected chi connectivity index (χ1v) is 13.2. The lowest BCUT2D eigenvalue weighted by Crippen LogP contribution is -2.50. The van der Waals surface area contributed by atoms with Crippen molar-refractivity contribution in [1.29, 1.82) is 0 Å². The first kappa shape index (κ1) is 31.0. The van der Waals surface area contributed by atoms with Gasteiger partial charge in [0.05, 0.1) is 25.3 Å². The van der Waals surface area contributed by atoms with E-state index in [2.05, 4.69) is 20.4 Å². The highest BCUT2D eigenvalue weighted by atomic mass is 19.4. The molecule has 217 valence electrons. The van der Waals surface area contributed by atoms with Gasteiger partial charge >= 0.3 is 24.0 Å². The van der Waals surface area contributed by atoms with Crippen LogP contribution in [-0.4, -0.2) is 79.4 Å². The smallest absolute Gasteiger partial charge is 0.383 e. The number of benzene rings is 1. The molecule has 0 bridgehead atoms. The van der Waals surface area contributed by atoms with Gasteiger partial charge in [-0.1, -0.05) is 31.9 Å². The summed E-state index contributed by atoms with van der Waals surface area (Å²) >= 11 is 0. The number of unbranched alkanes of at least 4 members (excludes halogenated alkanes) is 2. The monoisotopic (exact) mass is 566 g/mol. The molecule has 1 amide bonds. The fourth-order valence-electron chi connectivity index (χ4n) is 4.18. The van der Waals surface area contributed by atoms with Crippen molar-refractivity contribution >= 4 is 35.2 Å². The number of alkyl halides is 3. The average Bonchev–Trinajstić information content (AvgIpc) is 3.42. The summed E-state index contributed by atoms with van der Waals surface area (Å²) in [4.78, 5) is 53.9. The maximum atomic E-state index is 12.8. The number of hydrogen-bond acceptors (Lipinski definition) is 9. The molecule has 2 aliphatic heterocycles. The van der Waals surface area contributed by atoms with E-state index < -0.39 is 24.2 Å². The molecule has 13 heteroatoms. The van der Waals surface area contributed by atoms with Gasteiger partial charge in [-0.25, -0.2) is 14.9 Å². The second-order valence-corrected chi connectivity index (χ2v) is 9.44. The number of carbonyl (C=O) groups is 4. The predicted molar refractivity (Wildman–Crippen MR) is 139 cm³/mol. The second-order valence-electron chi connectivity index (χ2n) is 9.44. The Labute approximate surface area is 230 Å². The van der Waals surface area contributed by atoms with Crippen molar-refractivity contribution in [2.75, 3.05) is 32.8 Å². The number of hydrogen-bond donors (Lipinski definition) is 2. The normalized spacial score (nSPS) is 16.4. The Morgan fingerprint density at radius 3 is 2.60 bits per heavy atom. The zero-order valence-electron chi connectivity index (χ0n) is 22.2. The van der Waals surface area contributed by atoms with E-state index in [9.17, 15) is 32.3 Å². The number of carbonyl (C=O) groups excluding carboxylic acids is 4. The van der Waals surface area contributed by atoms with Gasteiger partial charge in [0, 0.05) is 31.5 Å². The molecular formula is C27H33F3N4O6+. The van der Waals surface area contributed by atoms with Crippen molar-refractivity contribution in [2.45, 2.75) is 57.7 Å². The maximum absolute atomic E-state index is 12.8. The number of nitrogens with zero attached hydrogens (tertiary/aromatic N) is 2. The lowest BCUT2D eigenvalue weighted by Gasteiger charge is -2.26. The lowest BCUT2D eigenvalue weighted by molar-refractivity contribution is -0.193. The SMILES string of the molecule is CCC(=O)CCCCC[C@H](NC(=O)CN1CCOCC1)C1=[N+]C=C(c2cccc(C(=O)OC(=O)C(F)(F)F)c2)N1. The van der Waals surface area contributed by atoms with Crippen molar-refractivity contribution in [2.24, 2.45) is 0 Å². The Balaban J connectivity index is 1.62. The number of morpholine rings is 1. The highest BCUT2D eigenvalue weighted by Gasteiger charge is 2.42. The van der Waals surface area contributed by atoms with Crippen LogP contribution in [0.25, 0.3) is 5.70 Å². The largest absolute Gasteiger partial charge is 0.491 e. The third kappa shape index (κ3) is 9.56. The van der Waals surface area contributed by atoms with Crippen molar-refractivity contribution in [3.05, 3.63) is 41.6 Å². The molecule has 1 fully saturated rings. The number of amidine groups is 1. The maximum Gasteiger partial charge on any atom is 0.491 e. The first-order valence-electron chi connectivity index (χ1n) is 13.2. The predicted octanol–water partition coefficient (Wildman–Crippen LogP) is 2.31. The number of rotatable bonds is 13. The number of ketones is 1. The highest BCUT2D eigenvalue weighted by molar-refractivity contribution is 6.01. The average molecular weight is 567 g/mol. The first-order chi connectivity index (χ1) is 19.1. The molecule has 1 saturated heterocycles. The number of halogens is 3. The van der Waals surface area contributed by atoms with Gasteiger partial charge in [-0.15, -0.1) is 0 Å². The molecule has 0 aliphatic carbocycles. The van der Waals surface area contributed by atoms with Gasteiger partial charge in [-0.3, -0.25) is 14.5 Å². The van der Waals surface area contributed by atoms with Gasteiger partial charge in [-0.2, -0.15) is 13.2 Å². The number of amides is 1. The van der Waals surface area contributed by atoms with Crippen LogP contribution < -0.4 is 15.6 Å². The number of nitrogens with one attached hydrogen (secondary N) is 2. The van der Waals surface area contributed by atoms with Crippen molar-refractivity contribution < 1.29 is 41.8 Å². The topological polar surface area (TPSA) is 128 Å². The van der Waals surface area contributed by atoms with Crippen LogP contribution in [0, 0.1) is 0 Å². The van der Waals surface area contributed by atoms with Crippen LogP contribution in [-0.2, 0) is 23.9 Å². The van der Waals surface area contributed by atoms with Gasteiger partial charge in [0.15, 0.2) is 11.9 Å². The standard InChI is InChI=1S/C27H33F3N4O6/c1-2-20(35)9-4-3-5-10-21(32-23(36)17-34-11-13-39-14-12-34)24-31-16-22(33-24)18-7-6-8-19(15-18)25(37)40-26(38)27(28,29)30/h6-8,15-16,21,33H,2-5,9-14,17H2,1H3,(H,32,36)/q+1/t21-/m0/s1. The van der Waals surface area contributed by atoms with Crippen LogP contribution in [0.4, 0.5) is 13.2 Å². The van der Waals surface area contributed by atoms with Gasteiger partial charge in [0.25, 0.3) is 0 Å².